The van der Waals surface area contributed by atoms with Crippen LogP contribution in [0.1, 0.15) is 53.4 Å². The Bertz CT molecular complexity index is 181. The molecule has 1 atom stereocenters. The molecule has 102 valence electrons. The van der Waals surface area contributed by atoms with E-state index in [4.69, 9.17) is 0 Å². The third-order valence-corrected chi connectivity index (χ3v) is 4.27. The van der Waals surface area contributed by atoms with Gasteiger partial charge in [0.1, 0.15) is 0 Å². The van der Waals surface area contributed by atoms with Crippen LogP contribution in [0, 0.1) is 11.8 Å². The highest BCUT2D eigenvalue weighted by atomic mass is 15.2. The van der Waals surface area contributed by atoms with Gasteiger partial charge in [-0.05, 0) is 51.6 Å². The molecule has 1 rings (SSSR count). The number of nitrogens with one attached hydrogen (secondary N) is 1. The third-order valence-electron chi connectivity index (χ3n) is 4.27. The van der Waals surface area contributed by atoms with Gasteiger partial charge in [0.15, 0.2) is 0 Å². The Kier molecular flexibility index (Phi) is 7.14. The summed E-state index contributed by atoms with van der Waals surface area (Å²) < 4.78 is 0. The molecule has 0 spiro atoms. The molecule has 2 nitrogen and oxygen atoms in total. The zero-order chi connectivity index (χ0) is 12.7. The van der Waals surface area contributed by atoms with Crippen LogP contribution in [0.15, 0.2) is 0 Å². The first kappa shape index (κ1) is 15.0. The smallest absolute Gasteiger partial charge is 0.00388 e. The van der Waals surface area contributed by atoms with Crippen LogP contribution in [-0.2, 0) is 0 Å². The summed E-state index contributed by atoms with van der Waals surface area (Å²) in [6.07, 6.45) is 5.42. The Morgan fingerprint density at radius 3 is 2.41 bits per heavy atom. The first-order valence-corrected chi connectivity index (χ1v) is 7.62. The van der Waals surface area contributed by atoms with Crippen LogP contribution in [0.2, 0.25) is 0 Å². The molecule has 1 aliphatic rings. The van der Waals surface area contributed by atoms with Gasteiger partial charge in [-0.1, -0.05) is 26.7 Å². The Balaban J connectivity index is 2.41. The van der Waals surface area contributed by atoms with Crippen LogP contribution in [-0.4, -0.2) is 37.1 Å². The topological polar surface area (TPSA) is 15.3 Å². The highest BCUT2D eigenvalue weighted by molar-refractivity contribution is 4.76. The molecule has 0 radical (unpaired) electrons. The van der Waals surface area contributed by atoms with Gasteiger partial charge in [-0.2, -0.15) is 0 Å². The molecule has 1 heterocycles. The van der Waals surface area contributed by atoms with E-state index in [2.05, 4.69) is 37.9 Å². The maximum atomic E-state index is 3.53. The van der Waals surface area contributed by atoms with Crippen molar-refractivity contribution in [2.75, 3.05) is 26.2 Å². The summed E-state index contributed by atoms with van der Waals surface area (Å²) >= 11 is 0. The molecule has 0 aromatic carbocycles. The molecule has 1 saturated heterocycles. The zero-order valence-electron chi connectivity index (χ0n) is 12.3. The minimum atomic E-state index is 0.692. The highest BCUT2D eigenvalue weighted by Gasteiger charge is 2.20. The van der Waals surface area contributed by atoms with E-state index in [9.17, 15) is 0 Å². The lowest BCUT2D eigenvalue weighted by Gasteiger charge is -2.34. The predicted octanol–water partition coefficient (Wildman–Crippen LogP) is 3.13. The molecule has 0 saturated carbocycles. The molecule has 0 amide bonds. The molecular formula is C15H32N2. The van der Waals surface area contributed by atoms with Crippen molar-refractivity contribution < 1.29 is 0 Å². The van der Waals surface area contributed by atoms with Gasteiger partial charge in [-0.15, -0.1) is 0 Å². The SMILES string of the molecule is CCC(CC)CN(CC1CCCNC1)C(C)C. The van der Waals surface area contributed by atoms with Gasteiger partial charge in [0.2, 0.25) is 0 Å². The van der Waals surface area contributed by atoms with Crippen LogP contribution in [0.5, 0.6) is 0 Å². The second-order valence-corrected chi connectivity index (χ2v) is 5.94. The van der Waals surface area contributed by atoms with Gasteiger partial charge in [0.05, 0.1) is 0 Å². The molecule has 0 aromatic heterocycles. The van der Waals surface area contributed by atoms with Crippen molar-refractivity contribution in [3.63, 3.8) is 0 Å². The summed E-state index contributed by atoms with van der Waals surface area (Å²) in [6, 6.07) is 0.692. The molecule has 1 unspecified atom stereocenters. The van der Waals surface area contributed by atoms with Crippen LogP contribution in [0.25, 0.3) is 0 Å². The summed E-state index contributed by atoms with van der Waals surface area (Å²) in [7, 11) is 0. The maximum Gasteiger partial charge on any atom is 0.00388 e. The summed E-state index contributed by atoms with van der Waals surface area (Å²) in [4.78, 5) is 2.70. The van der Waals surface area contributed by atoms with E-state index in [0.717, 1.165) is 11.8 Å². The van der Waals surface area contributed by atoms with Crippen LogP contribution < -0.4 is 5.32 Å². The lowest BCUT2D eigenvalue weighted by molar-refractivity contribution is 0.144. The number of nitrogens with zero attached hydrogens (tertiary/aromatic N) is 1. The fourth-order valence-electron chi connectivity index (χ4n) is 2.79. The van der Waals surface area contributed by atoms with E-state index >= 15 is 0 Å². The van der Waals surface area contributed by atoms with Gasteiger partial charge < -0.3 is 10.2 Å². The number of rotatable bonds is 7. The van der Waals surface area contributed by atoms with E-state index < -0.39 is 0 Å². The van der Waals surface area contributed by atoms with Crippen molar-refractivity contribution in [2.45, 2.75) is 59.4 Å². The summed E-state index contributed by atoms with van der Waals surface area (Å²) in [6.45, 7) is 14.4. The fourth-order valence-corrected chi connectivity index (χ4v) is 2.79. The largest absolute Gasteiger partial charge is 0.316 e. The van der Waals surface area contributed by atoms with Gasteiger partial charge >= 0.3 is 0 Å². The lowest BCUT2D eigenvalue weighted by Crippen LogP contribution is -2.43. The van der Waals surface area contributed by atoms with Crippen molar-refractivity contribution in [3.8, 4) is 0 Å². The monoisotopic (exact) mass is 240 g/mol. The standard InChI is InChI=1S/C15H32N2/c1-5-14(6-2)11-17(13(3)4)12-15-8-7-9-16-10-15/h13-16H,5-12H2,1-4H3. The molecular weight excluding hydrogens is 208 g/mol. The maximum absolute atomic E-state index is 3.53. The predicted molar refractivity (Wildman–Crippen MR) is 76.4 cm³/mol. The Morgan fingerprint density at radius 2 is 1.94 bits per heavy atom. The second kappa shape index (κ2) is 8.10. The van der Waals surface area contributed by atoms with Gasteiger partial charge in [0.25, 0.3) is 0 Å². The van der Waals surface area contributed by atoms with Gasteiger partial charge in [0, 0.05) is 19.1 Å². The summed E-state index contributed by atoms with van der Waals surface area (Å²) in [5.41, 5.74) is 0. The molecule has 1 aliphatic heterocycles. The molecule has 0 aromatic rings. The van der Waals surface area contributed by atoms with E-state index in [1.165, 1.54) is 51.9 Å². The normalized spacial score (nSPS) is 21.7. The number of hydrogen-bond donors (Lipinski definition) is 1. The minimum absolute atomic E-state index is 0.692. The van der Waals surface area contributed by atoms with Crippen molar-refractivity contribution in [2.24, 2.45) is 11.8 Å². The Hall–Kier alpha value is -0.0800. The second-order valence-electron chi connectivity index (χ2n) is 5.94. The minimum Gasteiger partial charge on any atom is -0.316 e. The average molecular weight is 240 g/mol. The first-order chi connectivity index (χ1) is 8.17. The summed E-state index contributed by atoms with van der Waals surface area (Å²) in [5.74, 6) is 1.76. The summed E-state index contributed by atoms with van der Waals surface area (Å²) in [5, 5.41) is 3.53. The van der Waals surface area contributed by atoms with E-state index in [-0.39, 0.29) is 0 Å². The van der Waals surface area contributed by atoms with Gasteiger partial charge in [-0.3, -0.25) is 0 Å². The average Bonchev–Trinajstić information content (AvgIpc) is 2.35. The molecule has 17 heavy (non-hydrogen) atoms. The highest BCUT2D eigenvalue weighted by Crippen LogP contribution is 2.17. The van der Waals surface area contributed by atoms with Crippen LogP contribution >= 0.6 is 0 Å². The number of hydrogen-bond acceptors (Lipinski definition) is 2. The van der Waals surface area contributed by atoms with E-state index in [1.54, 1.807) is 0 Å². The first-order valence-electron chi connectivity index (χ1n) is 7.62. The van der Waals surface area contributed by atoms with E-state index in [1.807, 2.05) is 0 Å². The lowest BCUT2D eigenvalue weighted by atomic mass is 9.96. The molecule has 2 heteroatoms. The Labute approximate surface area is 108 Å². The van der Waals surface area contributed by atoms with Crippen molar-refractivity contribution in [1.82, 2.24) is 10.2 Å². The van der Waals surface area contributed by atoms with Crippen molar-refractivity contribution >= 4 is 0 Å². The number of piperidine rings is 1. The Morgan fingerprint density at radius 1 is 1.24 bits per heavy atom. The van der Waals surface area contributed by atoms with Crippen LogP contribution in [0.4, 0.5) is 0 Å². The molecule has 0 bridgehead atoms. The third kappa shape index (κ3) is 5.39. The zero-order valence-corrected chi connectivity index (χ0v) is 12.3. The quantitative estimate of drug-likeness (QED) is 0.735. The molecule has 0 aliphatic carbocycles. The van der Waals surface area contributed by atoms with Crippen molar-refractivity contribution in [3.05, 3.63) is 0 Å². The van der Waals surface area contributed by atoms with Gasteiger partial charge in [-0.25, -0.2) is 0 Å². The van der Waals surface area contributed by atoms with Crippen LogP contribution in [0.3, 0.4) is 0 Å². The molecule has 1 fully saturated rings. The van der Waals surface area contributed by atoms with Crippen molar-refractivity contribution in [1.29, 1.82) is 0 Å². The fraction of sp³-hybridized carbons (Fsp3) is 1.00. The molecule has 1 N–H and O–H groups in total. The van der Waals surface area contributed by atoms with E-state index in [0.29, 0.717) is 6.04 Å².